The maximum absolute atomic E-state index is 2.46. The number of fused-ring (bicyclic) bond motifs is 3. The summed E-state index contributed by atoms with van der Waals surface area (Å²) in [6, 6.07) is 21.7. The molecular formula is C22H17N3+2. The lowest BCUT2D eigenvalue weighted by atomic mass is 10.1. The molecule has 1 aliphatic rings. The molecule has 5 aromatic rings. The second-order valence-corrected chi connectivity index (χ2v) is 6.85. The average Bonchev–Trinajstić information content (AvgIpc) is 3.21. The Labute approximate surface area is 145 Å². The average molecular weight is 323 g/mol. The number of benzene rings is 2. The van der Waals surface area contributed by atoms with Crippen LogP contribution in [0.2, 0.25) is 0 Å². The van der Waals surface area contributed by atoms with Crippen molar-refractivity contribution in [1.82, 2.24) is 4.57 Å². The third-order valence-electron chi connectivity index (χ3n) is 5.48. The first-order valence-corrected chi connectivity index (χ1v) is 8.65. The molecule has 0 N–H and O–H groups in total. The molecule has 6 rings (SSSR count). The van der Waals surface area contributed by atoms with Crippen molar-refractivity contribution in [3.8, 4) is 11.3 Å². The van der Waals surface area contributed by atoms with Gasteiger partial charge in [0.1, 0.15) is 30.7 Å². The van der Waals surface area contributed by atoms with Crippen molar-refractivity contribution >= 4 is 27.5 Å². The standard InChI is InChI=1S/C22H17N3/c1-23-12-11-16-13-24-19(15-7-3-2-4-8-15)14-25-18-10-6-5-9-17(18)21(23)20(16)22(24)25/h2-12,14H,13H2,1H3/q+2. The highest BCUT2D eigenvalue weighted by Crippen LogP contribution is 2.35. The van der Waals surface area contributed by atoms with Crippen LogP contribution in [-0.4, -0.2) is 4.57 Å². The number of hydrogen-bond donors (Lipinski definition) is 0. The third-order valence-corrected chi connectivity index (χ3v) is 5.48. The molecule has 0 radical (unpaired) electrons. The van der Waals surface area contributed by atoms with Gasteiger partial charge in [0.15, 0.2) is 11.9 Å². The summed E-state index contributed by atoms with van der Waals surface area (Å²) in [7, 11) is 2.14. The van der Waals surface area contributed by atoms with Gasteiger partial charge >= 0.3 is 5.65 Å². The largest absolute Gasteiger partial charge is 0.302 e. The van der Waals surface area contributed by atoms with Crippen molar-refractivity contribution in [2.75, 3.05) is 0 Å². The summed E-state index contributed by atoms with van der Waals surface area (Å²) in [5, 5.41) is 2.68. The minimum absolute atomic E-state index is 0.934. The number of imidazole rings is 1. The van der Waals surface area contributed by atoms with Crippen LogP contribution in [-0.2, 0) is 13.6 Å². The predicted molar refractivity (Wildman–Crippen MR) is 98.3 cm³/mol. The molecule has 4 heterocycles. The van der Waals surface area contributed by atoms with E-state index in [2.05, 4.69) is 93.6 Å². The Morgan fingerprint density at radius 3 is 2.60 bits per heavy atom. The molecule has 118 valence electrons. The van der Waals surface area contributed by atoms with Gasteiger partial charge in [0, 0.05) is 17.2 Å². The van der Waals surface area contributed by atoms with Crippen molar-refractivity contribution < 1.29 is 8.97 Å². The van der Waals surface area contributed by atoms with Crippen molar-refractivity contribution in [3.05, 3.63) is 78.6 Å². The van der Waals surface area contributed by atoms with Crippen molar-refractivity contribution in [2.24, 2.45) is 7.05 Å². The predicted octanol–water partition coefficient (Wildman–Crippen LogP) is 3.39. The molecule has 0 fully saturated rings. The van der Waals surface area contributed by atoms with E-state index in [1.165, 1.54) is 44.3 Å². The zero-order valence-electron chi connectivity index (χ0n) is 14.0. The lowest BCUT2D eigenvalue weighted by Crippen LogP contribution is -2.31. The fourth-order valence-electron chi connectivity index (χ4n) is 4.38. The fourth-order valence-corrected chi connectivity index (χ4v) is 4.38. The maximum Gasteiger partial charge on any atom is 0.302 e. The maximum atomic E-state index is 2.46. The summed E-state index contributed by atoms with van der Waals surface area (Å²) < 4.78 is 7.09. The van der Waals surface area contributed by atoms with Crippen LogP contribution in [0.4, 0.5) is 0 Å². The second kappa shape index (κ2) is 4.45. The van der Waals surface area contributed by atoms with Crippen LogP contribution in [0.3, 0.4) is 0 Å². The van der Waals surface area contributed by atoms with Gasteiger partial charge in [-0.05, 0) is 12.1 Å². The highest BCUT2D eigenvalue weighted by molar-refractivity contribution is 6.07. The van der Waals surface area contributed by atoms with Gasteiger partial charge < -0.3 is 0 Å². The van der Waals surface area contributed by atoms with E-state index < -0.39 is 0 Å². The number of nitrogens with zero attached hydrogens (tertiary/aromatic N) is 3. The van der Waals surface area contributed by atoms with E-state index in [0.29, 0.717) is 0 Å². The van der Waals surface area contributed by atoms with Gasteiger partial charge in [0.05, 0.1) is 5.39 Å². The Bertz CT molecular complexity index is 1310. The van der Waals surface area contributed by atoms with Gasteiger partial charge in [0.25, 0.3) is 0 Å². The molecule has 3 nitrogen and oxygen atoms in total. The van der Waals surface area contributed by atoms with Crippen LogP contribution in [0.1, 0.15) is 5.56 Å². The third kappa shape index (κ3) is 1.55. The van der Waals surface area contributed by atoms with Crippen molar-refractivity contribution in [2.45, 2.75) is 6.54 Å². The van der Waals surface area contributed by atoms with Crippen LogP contribution in [0, 0.1) is 0 Å². The van der Waals surface area contributed by atoms with E-state index in [9.17, 15) is 0 Å². The lowest BCUT2D eigenvalue weighted by molar-refractivity contribution is -0.644. The van der Waals surface area contributed by atoms with Gasteiger partial charge in [-0.2, -0.15) is 4.40 Å². The quantitative estimate of drug-likeness (QED) is 0.325. The highest BCUT2D eigenvalue weighted by atomic mass is 15.1. The summed E-state index contributed by atoms with van der Waals surface area (Å²) in [4.78, 5) is 0. The topological polar surface area (TPSA) is 12.9 Å². The summed E-state index contributed by atoms with van der Waals surface area (Å²) in [6.07, 6.45) is 4.48. The van der Waals surface area contributed by atoms with Crippen LogP contribution < -0.4 is 8.97 Å². The molecule has 0 bridgehead atoms. The van der Waals surface area contributed by atoms with Gasteiger partial charge in [-0.15, -0.1) is 0 Å². The molecule has 25 heavy (non-hydrogen) atoms. The molecule has 0 aliphatic carbocycles. The molecule has 3 heteroatoms. The van der Waals surface area contributed by atoms with E-state index in [0.717, 1.165) is 6.54 Å². The van der Waals surface area contributed by atoms with E-state index in [4.69, 9.17) is 0 Å². The van der Waals surface area contributed by atoms with Gasteiger partial charge in [-0.25, -0.2) is 9.13 Å². The number of rotatable bonds is 1. The minimum Gasteiger partial charge on any atom is -0.218 e. The molecular weight excluding hydrogens is 306 g/mol. The summed E-state index contributed by atoms with van der Waals surface area (Å²) in [5.41, 5.74) is 7.83. The van der Waals surface area contributed by atoms with Crippen LogP contribution in [0.25, 0.3) is 38.7 Å². The molecule has 3 aromatic heterocycles. The van der Waals surface area contributed by atoms with Gasteiger partial charge in [0.2, 0.25) is 5.52 Å². The normalized spacial score (nSPS) is 12.8. The number of hydrogen-bond acceptors (Lipinski definition) is 0. The molecule has 0 unspecified atom stereocenters. The van der Waals surface area contributed by atoms with E-state index >= 15 is 0 Å². The summed E-state index contributed by atoms with van der Waals surface area (Å²) >= 11 is 0. The number of para-hydroxylation sites is 1. The monoisotopic (exact) mass is 323 g/mol. The minimum atomic E-state index is 0.934. The second-order valence-electron chi connectivity index (χ2n) is 6.85. The number of aryl methyl sites for hydroxylation is 1. The fraction of sp³-hybridized carbons (Fsp3) is 0.0909. The Kier molecular flexibility index (Phi) is 2.34. The molecule has 0 atom stereocenters. The zero-order valence-corrected chi connectivity index (χ0v) is 14.0. The van der Waals surface area contributed by atoms with Crippen molar-refractivity contribution in [3.63, 3.8) is 0 Å². The van der Waals surface area contributed by atoms with Crippen LogP contribution >= 0.6 is 0 Å². The summed E-state index contributed by atoms with van der Waals surface area (Å²) in [6.45, 7) is 0.934. The first-order valence-electron chi connectivity index (χ1n) is 8.65. The van der Waals surface area contributed by atoms with Crippen molar-refractivity contribution in [1.29, 1.82) is 0 Å². The van der Waals surface area contributed by atoms with E-state index in [1.807, 2.05) is 0 Å². The molecule has 0 saturated carbocycles. The van der Waals surface area contributed by atoms with E-state index in [1.54, 1.807) is 0 Å². The molecule has 1 aliphatic heterocycles. The first-order chi connectivity index (χ1) is 12.3. The van der Waals surface area contributed by atoms with Gasteiger partial charge in [-0.1, -0.05) is 42.5 Å². The highest BCUT2D eigenvalue weighted by Gasteiger charge is 2.34. The number of pyridine rings is 2. The SMILES string of the molecule is C[n+]1ccc2c3c1c1ccccc1[n+]1cc(-c4ccccc4)n(c31)C2. The van der Waals surface area contributed by atoms with E-state index in [-0.39, 0.29) is 0 Å². The Morgan fingerprint density at radius 1 is 0.920 bits per heavy atom. The van der Waals surface area contributed by atoms with Crippen LogP contribution in [0.5, 0.6) is 0 Å². The Balaban J connectivity index is 1.90. The smallest absolute Gasteiger partial charge is 0.218 e. The molecule has 0 spiro atoms. The Morgan fingerprint density at radius 2 is 1.72 bits per heavy atom. The summed E-state index contributed by atoms with van der Waals surface area (Å²) in [5.74, 6) is 0. The molecule has 0 amide bonds. The molecule has 0 saturated heterocycles. The molecule has 2 aromatic carbocycles. The number of aromatic nitrogens is 3. The first kappa shape index (κ1) is 13.1. The van der Waals surface area contributed by atoms with Crippen LogP contribution in [0.15, 0.2) is 73.1 Å². The Hall–Kier alpha value is -3.20. The van der Waals surface area contributed by atoms with Gasteiger partial charge in [-0.3, -0.25) is 0 Å². The lowest BCUT2D eigenvalue weighted by Gasteiger charge is -2.02. The zero-order chi connectivity index (χ0) is 16.5.